The minimum absolute atomic E-state index is 0.119. The van der Waals surface area contributed by atoms with E-state index in [0.717, 1.165) is 22.6 Å². The molecular weight excluding hydrogens is 380 g/mol. The Morgan fingerprint density at radius 2 is 1.78 bits per heavy atom. The predicted octanol–water partition coefficient (Wildman–Crippen LogP) is 4.16. The van der Waals surface area contributed by atoms with Crippen LogP contribution in [-0.2, 0) is 21.2 Å². The number of aryl methyl sites for hydroxylation is 1. The summed E-state index contributed by atoms with van der Waals surface area (Å²) in [6.45, 7) is 2.32. The number of carbonyl (C=O) groups excluding carboxylic acids is 1. The highest BCUT2D eigenvalue weighted by atomic mass is 32.2. The van der Waals surface area contributed by atoms with Crippen LogP contribution in [-0.4, -0.2) is 33.4 Å². The molecule has 0 aromatic heterocycles. The third-order valence-electron chi connectivity index (χ3n) is 4.18. The summed E-state index contributed by atoms with van der Waals surface area (Å²) in [7, 11) is -3.41. The smallest absolute Gasteiger partial charge is 0.232 e. The monoisotopic (exact) mass is 406 g/mol. The van der Waals surface area contributed by atoms with Crippen LogP contribution < -0.4 is 9.62 Å². The summed E-state index contributed by atoms with van der Waals surface area (Å²) in [6, 6.07) is 15.1. The number of hydrogen-bond acceptors (Lipinski definition) is 4. The maximum absolute atomic E-state index is 12.2. The van der Waals surface area contributed by atoms with E-state index in [-0.39, 0.29) is 18.9 Å². The molecule has 0 radical (unpaired) electrons. The molecule has 146 valence electrons. The molecule has 0 spiro atoms. The normalized spacial score (nSPS) is 11.2. The van der Waals surface area contributed by atoms with Crippen molar-refractivity contribution in [3.8, 4) is 0 Å². The van der Waals surface area contributed by atoms with Gasteiger partial charge in [-0.3, -0.25) is 9.10 Å². The first-order valence-electron chi connectivity index (χ1n) is 8.84. The van der Waals surface area contributed by atoms with Crippen molar-refractivity contribution >= 4 is 39.1 Å². The van der Waals surface area contributed by atoms with Crippen LogP contribution in [0.2, 0.25) is 0 Å². The molecule has 0 aliphatic rings. The molecule has 0 fully saturated rings. The van der Waals surface area contributed by atoms with Gasteiger partial charge in [-0.15, -0.1) is 11.8 Å². The van der Waals surface area contributed by atoms with E-state index in [4.69, 9.17) is 0 Å². The van der Waals surface area contributed by atoms with Crippen molar-refractivity contribution in [2.75, 3.05) is 28.7 Å². The van der Waals surface area contributed by atoms with Gasteiger partial charge in [-0.1, -0.05) is 31.2 Å². The maximum Gasteiger partial charge on any atom is 0.232 e. The fourth-order valence-corrected chi connectivity index (χ4v) is 4.25. The molecule has 0 saturated carbocycles. The van der Waals surface area contributed by atoms with Crippen molar-refractivity contribution in [2.45, 2.75) is 31.1 Å². The lowest BCUT2D eigenvalue weighted by Crippen LogP contribution is -2.31. The van der Waals surface area contributed by atoms with E-state index in [9.17, 15) is 13.2 Å². The molecule has 2 aromatic rings. The Kier molecular flexibility index (Phi) is 7.74. The summed E-state index contributed by atoms with van der Waals surface area (Å²) in [5.41, 5.74) is 2.56. The number of rotatable bonds is 9. The minimum atomic E-state index is -3.41. The summed E-state index contributed by atoms with van der Waals surface area (Å²) < 4.78 is 25.7. The topological polar surface area (TPSA) is 66.5 Å². The molecule has 0 saturated heterocycles. The predicted molar refractivity (Wildman–Crippen MR) is 114 cm³/mol. The Hall–Kier alpha value is -1.99. The van der Waals surface area contributed by atoms with Gasteiger partial charge in [0.15, 0.2) is 0 Å². The van der Waals surface area contributed by atoms with Gasteiger partial charge in [-0.05, 0) is 48.9 Å². The lowest BCUT2D eigenvalue weighted by Gasteiger charge is -2.22. The second kappa shape index (κ2) is 9.80. The quantitative estimate of drug-likeness (QED) is 0.635. The van der Waals surface area contributed by atoms with Crippen LogP contribution in [0.4, 0.5) is 11.4 Å². The number of hydrogen-bond donors (Lipinski definition) is 1. The molecule has 2 aromatic carbocycles. The van der Waals surface area contributed by atoms with Crippen molar-refractivity contribution in [1.29, 1.82) is 0 Å². The number of nitrogens with zero attached hydrogens (tertiary/aromatic N) is 1. The molecule has 27 heavy (non-hydrogen) atoms. The summed E-state index contributed by atoms with van der Waals surface area (Å²) >= 11 is 1.57. The third-order valence-corrected chi connectivity index (χ3v) is 6.17. The first kappa shape index (κ1) is 21.3. The second-order valence-electron chi connectivity index (χ2n) is 6.21. The van der Waals surface area contributed by atoms with Crippen molar-refractivity contribution in [3.05, 3.63) is 54.1 Å². The second-order valence-corrected chi connectivity index (χ2v) is 8.96. The molecule has 5 nitrogen and oxygen atoms in total. The van der Waals surface area contributed by atoms with E-state index in [1.54, 1.807) is 11.8 Å². The highest BCUT2D eigenvalue weighted by molar-refractivity contribution is 7.98. The molecule has 1 amide bonds. The van der Waals surface area contributed by atoms with E-state index in [0.29, 0.717) is 12.1 Å². The number of carbonyl (C=O) groups is 1. The van der Waals surface area contributed by atoms with E-state index >= 15 is 0 Å². The summed E-state index contributed by atoms with van der Waals surface area (Å²) in [6.07, 6.45) is 4.74. The molecule has 0 bridgehead atoms. The van der Waals surface area contributed by atoms with Gasteiger partial charge in [0.05, 0.1) is 17.6 Å². The lowest BCUT2D eigenvalue weighted by atomic mass is 10.1. The Bertz CT molecular complexity index is 865. The van der Waals surface area contributed by atoms with Gasteiger partial charge in [0.2, 0.25) is 15.9 Å². The van der Waals surface area contributed by atoms with Crippen LogP contribution >= 0.6 is 11.8 Å². The van der Waals surface area contributed by atoms with Crippen LogP contribution in [0.25, 0.3) is 0 Å². The summed E-state index contributed by atoms with van der Waals surface area (Å²) in [5.74, 6) is -0.119. The minimum Gasteiger partial charge on any atom is -0.325 e. The Morgan fingerprint density at radius 3 is 2.37 bits per heavy atom. The van der Waals surface area contributed by atoms with Crippen molar-refractivity contribution in [2.24, 2.45) is 0 Å². The highest BCUT2D eigenvalue weighted by Crippen LogP contribution is 2.25. The van der Waals surface area contributed by atoms with Crippen LogP contribution in [0.1, 0.15) is 25.3 Å². The number of benzene rings is 2. The van der Waals surface area contributed by atoms with E-state index in [1.807, 2.05) is 54.8 Å². The van der Waals surface area contributed by atoms with E-state index in [1.165, 1.54) is 10.6 Å². The van der Waals surface area contributed by atoms with Crippen LogP contribution in [0.3, 0.4) is 0 Å². The molecule has 2 rings (SSSR count). The van der Waals surface area contributed by atoms with Crippen LogP contribution in [0, 0.1) is 0 Å². The standard InChI is InChI=1S/C20H26N2O3S2/c1-4-16-11-13-17(14-12-16)22(27(3,24)25)15-7-10-20(23)21-18-8-5-6-9-19(18)26-2/h5-6,8-9,11-14H,4,7,10,15H2,1-3H3,(H,21,23). The zero-order valence-corrected chi connectivity index (χ0v) is 17.6. The van der Waals surface area contributed by atoms with Gasteiger partial charge >= 0.3 is 0 Å². The van der Waals surface area contributed by atoms with Gasteiger partial charge in [0, 0.05) is 17.9 Å². The zero-order chi connectivity index (χ0) is 19.9. The van der Waals surface area contributed by atoms with Gasteiger partial charge in [-0.2, -0.15) is 0 Å². The average molecular weight is 407 g/mol. The van der Waals surface area contributed by atoms with Gasteiger partial charge < -0.3 is 5.32 Å². The van der Waals surface area contributed by atoms with Crippen molar-refractivity contribution in [3.63, 3.8) is 0 Å². The molecule has 0 aliphatic heterocycles. The van der Waals surface area contributed by atoms with Gasteiger partial charge in [0.1, 0.15) is 0 Å². The molecule has 0 unspecified atom stereocenters. The van der Waals surface area contributed by atoms with Gasteiger partial charge in [-0.25, -0.2) is 8.42 Å². The highest BCUT2D eigenvalue weighted by Gasteiger charge is 2.17. The fourth-order valence-electron chi connectivity index (χ4n) is 2.73. The maximum atomic E-state index is 12.2. The van der Waals surface area contributed by atoms with Crippen molar-refractivity contribution < 1.29 is 13.2 Å². The zero-order valence-electron chi connectivity index (χ0n) is 15.9. The molecule has 0 heterocycles. The first-order valence-corrected chi connectivity index (χ1v) is 11.9. The molecule has 1 N–H and O–H groups in total. The number of anilines is 2. The SMILES string of the molecule is CCc1ccc(N(CCCC(=O)Nc2ccccc2SC)S(C)(=O)=O)cc1. The first-order chi connectivity index (χ1) is 12.8. The molecule has 0 aliphatic carbocycles. The van der Waals surface area contributed by atoms with Gasteiger partial charge in [0.25, 0.3) is 0 Å². The number of nitrogens with one attached hydrogen (secondary N) is 1. The largest absolute Gasteiger partial charge is 0.325 e. The number of sulfonamides is 1. The Morgan fingerprint density at radius 1 is 1.11 bits per heavy atom. The molecule has 0 atom stereocenters. The summed E-state index contributed by atoms with van der Waals surface area (Å²) in [4.78, 5) is 13.2. The Balaban J connectivity index is 1.98. The molecular formula is C20H26N2O3S2. The number of para-hydroxylation sites is 1. The Labute approximate surface area is 166 Å². The fraction of sp³-hybridized carbons (Fsp3) is 0.350. The third kappa shape index (κ3) is 6.29. The van der Waals surface area contributed by atoms with Crippen LogP contribution in [0.15, 0.2) is 53.4 Å². The van der Waals surface area contributed by atoms with Crippen molar-refractivity contribution in [1.82, 2.24) is 0 Å². The van der Waals surface area contributed by atoms with Crippen LogP contribution in [0.5, 0.6) is 0 Å². The molecule has 7 heteroatoms. The number of amides is 1. The average Bonchev–Trinajstić information content (AvgIpc) is 2.65. The van der Waals surface area contributed by atoms with E-state index in [2.05, 4.69) is 12.2 Å². The van der Waals surface area contributed by atoms with E-state index < -0.39 is 10.0 Å². The number of thioether (sulfide) groups is 1. The lowest BCUT2D eigenvalue weighted by molar-refractivity contribution is -0.116. The summed E-state index contributed by atoms with van der Waals surface area (Å²) in [5, 5.41) is 2.90.